The molecule has 0 aliphatic heterocycles. The highest BCUT2D eigenvalue weighted by Crippen LogP contribution is 2.11. The Hall–Kier alpha value is -2.27. The van der Waals surface area contributed by atoms with E-state index in [1.807, 2.05) is 48.3 Å². The number of pyridine rings is 1. The molecule has 0 aliphatic carbocycles. The summed E-state index contributed by atoms with van der Waals surface area (Å²) in [6.07, 6.45) is 3.42. The van der Waals surface area contributed by atoms with Crippen LogP contribution in [0.1, 0.15) is 5.56 Å². The smallest absolute Gasteiger partial charge is 0.193 e. The number of aromatic nitrogens is 1. The number of guanidine groups is 1. The van der Waals surface area contributed by atoms with Gasteiger partial charge in [0.2, 0.25) is 0 Å². The van der Waals surface area contributed by atoms with Gasteiger partial charge in [0, 0.05) is 31.9 Å². The number of aliphatic imine (C=N–C) groups is 1. The molecule has 1 aromatic carbocycles. The lowest BCUT2D eigenvalue weighted by atomic mass is 10.2. The summed E-state index contributed by atoms with van der Waals surface area (Å²) in [7, 11) is 3.76. The van der Waals surface area contributed by atoms with E-state index in [2.05, 4.69) is 15.3 Å². The zero-order chi connectivity index (χ0) is 16.5. The topological polar surface area (TPSA) is 49.8 Å². The molecule has 0 amide bonds. The summed E-state index contributed by atoms with van der Waals surface area (Å²) in [6.45, 7) is 1.95. The van der Waals surface area contributed by atoms with Crippen LogP contribution in [0.5, 0.6) is 5.75 Å². The van der Waals surface area contributed by atoms with Crippen LogP contribution in [0.25, 0.3) is 0 Å². The second-order valence-electron chi connectivity index (χ2n) is 4.99. The van der Waals surface area contributed by atoms with Crippen molar-refractivity contribution in [2.75, 3.05) is 27.2 Å². The highest BCUT2D eigenvalue weighted by molar-refractivity contribution is 6.30. The highest BCUT2D eigenvalue weighted by Gasteiger charge is 2.06. The van der Waals surface area contributed by atoms with Crippen molar-refractivity contribution in [2.45, 2.75) is 6.54 Å². The number of ether oxygens (including phenoxy) is 1. The fourth-order valence-electron chi connectivity index (χ4n) is 2.09. The average Bonchev–Trinajstić information content (AvgIpc) is 2.58. The number of hydrogen-bond donors (Lipinski definition) is 1. The second kappa shape index (κ2) is 9.00. The summed E-state index contributed by atoms with van der Waals surface area (Å²) >= 11 is 5.91. The number of halogens is 1. The van der Waals surface area contributed by atoms with Gasteiger partial charge in [0.05, 0.1) is 12.7 Å². The summed E-state index contributed by atoms with van der Waals surface area (Å²) in [6, 6.07) is 11.5. The van der Waals surface area contributed by atoms with Gasteiger partial charge in [-0.1, -0.05) is 23.7 Å². The fourth-order valence-corrected chi connectivity index (χ4v) is 2.21. The summed E-state index contributed by atoms with van der Waals surface area (Å²) in [5.74, 6) is 1.58. The van der Waals surface area contributed by atoms with E-state index in [-0.39, 0.29) is 0 Å². The third-order valence-corrected chi connectivity index (χ3v) is 3.45. The van der Waals surface area contributed by atoms with Gasteiger partial charge in [-0.15, -0.1) is 0 Å². The first-order valence-corrected chi connectivity index (χ1v) is 7.76. The van der Waals surface area contributed by atoms with Crippen LogP contribution in [0.2, 0.25) is 5.02 Å². The van der Waals surface area contributed by atoms with Crippen molar-refractivity contribution in [2.24, 2.45) is 4.99 Å². The van der Waals surface area contributed by atoms with Crippen LogP contribution in [0, 0.1) is 0 Å². The first-order chi connectivity index (χ1) is 11.2. The van der Waals surface area contributed by atoms with Crippen molar-refractivity contribution in [1.29, 1.82) is 0 Å². The van der Waals surface area contributed by atoms with Crippen LogP contribution in [0.15, 0.2) is 53.8 Å². The Morgan fingerprint density at radius 3 is 2.74 bits per heavy atom. The lowest BCUT2D eigenvalue weighted by Crippen LogP contribution is -2.40. The Kier molecular flexibility index (Phi) is 6.69. The predicted octanol–water partition coefficient (Wildman–Crippen LogP) is 2.82. The Labute approximate surface area is 142 Å². The minimum absolute atomic E-state index is 0.541. The monoisotopic (exact) mass is 332 g/mol. The molecule has 0 atom stereocenters. The number of hydrogen-bond acceptors (Lipinski definition) is 3. The van der Waals surface area contributed by atoms with Gasteiger partial charge in [-0.05, 0) is 29.8 Å². The molecule has 1 heterocycles. The van der Waals surface area contributed by atoms with Crippen LogP contribution < -0.4 is 10.1 Å². The van der Waals surface area contributed by atoms with Crippen molar-refractivity contribution in [3.8, 4) is 5.75 Å². The Balaban J connectivity index is 1.76. The van der Waals surface area contributed by atoms with Gasteiger partial charge in [-0.2, -0.15) is 0 Å². The maximum absolute atomic E-state index is 5.91. The molecule has 122 valence electrons. The summed E-state index contributed by atoms with van der Waals surface area (Å²) in [5.41, 5.74) is 1.17. The van der Waals surface area contributed by atoms with Crippen molar-refractivity contribution in [3.05, 3.63) is 59.4 Å². The van der Waals surface area contributed by atoms with Gasteiger partial charge in [0.1, 0.15) is 12.4 Å². The zero-order valence-corrected chi connectivity index (χ0v) is 14.1. The van der Waals surface area contributed by atoms with Gasteiger partial charge >= 0.3 is 0 Å². The van der Waals surface area contributed by atoms with E-state index in [0.717, 1.165) is 23.3 Å². The van der Waals surface area contributed by atoms with E-state index in [9.17, 15) is 0 Å². The van der Waals surface area contributed by atoms with Crippen LogP contribution in [0.3, 0.4) is 0 Å². The Morgan fingerprint density at radius 2 is 2.09 bits per heavy atom. The molecular formula is C17H21ClN4O. The Morgan fingerprint density at radius 1 is 1.30 bits per heavy atom. The van der Waals surface area contributed by atoms with Gasteiger partial charge in [0.15, 0.2) is 5.96 Å². The SMILES string of the molecule is CN=C(NCCOc1cccnc1)N(C)Cc1ccc(Cl)cc1. The molecule has 0 aliphatic rings. The first kappa shape index (κ1) is 17.1. The van der Waals surface area contributed by atoms with Crippen molar-refractivity contribution in [1.82, 2.24) is 15.2 Å². The number of nitrogens with zero attached hydrogens (tertiary/aromatic N) is 3. The molecule has 0 spiro atoms. The lowest BCUT2D eigenvalue weighted by Gasteiger charge is -2.22. The average molecular weight is 333 g/mol. The molecule has 0 unspecified atom stereocenters. The molecule has 2 aromatic rings. The quantitative estimate of drug-likeness (QED) is 0.502. The minimum Gasteiger partial charge on any atom is -0.490 e. The Bertz CT molecular complexity index is 616. The van der Waals surface area contributed by atoms with E-state index in [0.29, 0.717) is 13.2 Å². The number of benzene rings is 1. The number of rotatable bonds is 6. The molecule has 0 saturated carbocycles. The van der Waals surface area contributed by atoms with Crippen LogP contribution in [-0.4, -0.2) is 43.1 Å². The predicted molar refractivity (Wildman–Crippen MR) is 94.0 cm³/mol. The third kappa shape index (κ3) is 5.79. The molecular weight excluding hydrogens is 312 g/mol. The molecule has 1 aromatic heterocycles. The van der Waals surface area contributed by atoms with E-state index in [4.69, 9.17) is 16.3 Å². The van der Waals surface area contributed by atoms with Crippen LogP contribution in [-0.2, 0) is 6.54 Å². The molecule has 0 radical (unpaired) electrons. The third-order valence-electron chi connectivity index (χ3n) is 3.19. The van der Waals surface area contributed by atoms with Crippen LogP contribution >= 0.6 is 11.6 Å². The van der Waals surface area contributed by atoms with E-state index >= 15 is 0 Å². The first-order valence-electron chi connectivity index (χ1n) is 7.38. The van der Waals surface area contributed by atoms with E-state index in [1.54, 1.807) is 19.4 Å². The fraction of sp³-hybridized carbons (Fsp3) is 0.294. The molecule has 0 saturated heterocycles. The summed E-state index contributed by atoms with van der Waals surface area (Å²) < 4.78 is 5.60. The molecule has 1 N–H and O–H groups in total. The van der Waals surface area contributed by atoms with E-state index < -0.39 is 0 Å². The highest BCUT2D eigenvalue weighted by atomic mass is 35.5. The normalized spacial score (nSPS) is 11.2. The molecule has 6 heteroatoms. The molecule has 23 heavy (non-hydrogen) atoms. The molecule has 5 nitrogen and oxygen atoms in total. The standard InChI is InChI=1S/C17H21ClN4O/c1-19-17(21-10-11-23-16-4-3-9-20-12-16)22(2)13-14-5-7-15(18)8-6-14/h3-9,12H,10-11,13H2,1-2H3,(H,19,21). The second-order valence-corrected chi connectivity index (χ2v) is 5.43. The summed E-state index contributed by atoms with van der Waals surface area (Å²) in [5, 5.41) is 4.02. The van der Waals surface area contributed by atoms with Crippen molar-refractivity contribution < 1.29 is 4.74 Å². The maximum Gasteiger partial charge on any atom is 0.193 e. The number of nitrogens with one attached hydrogen (secondary N) is 1. The summed E-state index contributed by atoms with van der Waals surface area (Å²) in [4.78, 5) is 10.3. The molecule has 2 rings (SSSR count). The van der Waals surface area contributed by atoms with Gasteiger partial charge in [0.25, 0.3) is 0 Å². The maximum atomic E-state index is 5.91. The molecule has 0 bridgehead atoms. The molecule has 0 fully saturated rings. The largest absolute Gasteiger partial charge is 0.490 e. The van der Waals surface area contributed by atoms with Crippen molar-refractivity contribution in [3.63, 3.8) is 0 Å². The van der Waals surface area contributed by atoms with E-state index in [1.165, 1.54) is 5.56 Å². The van der Waals surface area contributed by atoms with Crippen molar-refractivity contribution >= 4 is 17.6 Å². The van der Waals surface area contributed by atoms with Gasteiger partial charge < -0.3 is 15.0 Å². The van der Waals surface area contributed by atoms with Crippen LogP contribution in [0.4, 0.5) is 0 Å². The van der Waals surface area contributed by atoms with Gasteiger partial charge in [-0.3, -0.25) is 9.98 Å². The minimum atomic E-state index is 0.541. The van der Waals surface area contributed by atoms with Gasteiger partial charge in [-0.25, -0.2) is 0 Å². The lowest BCUT2D eigenvalue weighted by molar-refractivity contribution is 0.318. The zero-order valence-electron chi connectivity index (χ0n) is 13.4.